The Hall–Kier alpha value is -2.73. The van der Waals surface area contributed by atoms with Crippen LogP contribution in [0, 0.1) is 0 Å². The largest absolute Gasteiger partial charge is 0.493 e. The minimum atomic E-state index is -0.587. The molecule has 0 aromatic heterocycles. The zero-order chi connectivity index (χ0) is 23.6. The van der Waals surface area contributed by atoms with Gasteiger partial charge in [-0.15, -0.1) is 0 Å². The third-order valence-electron chi connectivity index (χ3n) is 6.02. The molecule has 178 valence electrons. The second kappa shape index (κ2) is 12.5. The minimum Gasteiger partial charge on any atom is -0.493 e. The van der Waals surface area contributed by atoms with Gasteiger partial charge in [0.05, 0.1) is 7.11 Å². The molecular formula is C26H33ClN2O4. The van der Waals surface area contributed by atoms with Gasteiger partial charge >= 0.3 is 0 Å². The number of amides is 2. The highest BCUT2D eigenvalue weighted by molar-refractivity contribution is 6.30. The van der Waals surface area contributed by atoms with Crippen LogP contribution in [0.25, 0.3) is 0 Å². The molecule has 0 radical (unpaired) electrons. The standard InChI is InChI=1S/C26H33ClN2O4/c1-3-22(26(31)28-21-9-5-4-6-10-21)29(17-19-13-15-20(27)16-14-19)25(30)18-33-24-12-8-7-11-23(24)32-2/h7-8,11-16,21-22H,3-6,9-10,17-18H2,1-2H3,(H,28,31)/t22-/m1/s1. The van der Waals surface area contributed by atoms with Crippen molar-refractivity contribution in [3.8, 4) is 11.5 Å². The van der Waals surface area contributed by atoms with E-state index in [4.69, 9.17) is 21.1 Å². The van der Waals surface area contributed by atoms with Crippen molar-refractivity contribution in [2.24, 2.45) is 0 Å². The molecule has 3 rings (SSSR count). The first-order valence-corrected chi connectivity index (χ1v) is 12.0. The summed E-state index contributed by atoms with van der Waals surface area (Å²) in [5, 5.41) is 3.80. The van der Waals surface area contributed by atoms with E-state index in [9.17, 15) is 9.59 Å². The monoisotopic (exact) mass is 472 g/mol. The smallest absolute Gasteiger partial charge is 0.261 e. The summed E-state index contributed by atoms with van der Waals surface area (Å²) in [6.45, 7) is 2.03. The first-order valence-electron chi connectivity index (χ1n) is 11.6. The van der Waals surface area contributed by atoms with E-state index in [0.717, 1.165) is 31.2 Å². The number of para-hydroxylation sites is 2. The molecule has 1 atom stereocenters. The molecule has 0 saturated heterocycles. The van der Waals surface area contributed by atoms with E-state index in [1.165, 1.54) is 6.42 Å². The van der Waals surface area contributed by atoms with Gasteiger partial charge in [0, 0.05) is 17.6 Å². The van der Waals surface area contributed by atoms with Crippen LogP contribution in [-0.2, 0) is 16.1 Å². The average Bonchev–Trinajstić information content (AvgIpc) is 2.84. The van der Waals surface area contributed by atoms with Crippen molar-refractivity contribution in [1.29, 1.82) is 0 Å². The Morgan fingerprint density at radius 2 is 1.73 bits per heavy atom. The lowest BCUT2D eigenvalue weighted by Gasteiger charge is -2.32. The van der Waals surface area contributed by atoms with Gasteiger partial charge in [-0.25, -0.2) is 0 Å². The predicted octanol–water partition coefficient (Wildman–Crippen LogP) is 4.98. The maximum atomic E-state index is 13.3. The lowest BCUT2D eigenvalue weighted by molar-refractivity contribution is -0.143. The lowest BCUT2D eigenvalue weighted by Crippen LogP contribution is -2.52. The Kier molecular flexibility index (Phi) is 9.43. The van der Waals surface area contributed by atoms with Gasteiger partial charge in [0.1, 0.15) is 6.04 Å². The fourth-order valence-electron chi connectivity index (χ4n) is 4.21. The Bertz CT molecular complexity index is 913. The number of nitrogens with zero attached hydrogens (tertiary/aromatic N) is 1. The number of carbonyl (C=O) groups is 2. The fraction of sp³-hybridized carbons (Fsp3) is 0.462. The zero-order valence-electron chi connectivity index (χ0n) is 19.4. The summed E-state index contributed by atoms with van der Waals surface area (Å²) in [6.07, 6.45) is 5.95. The summed E-state index contributed by atoms with van der Waals surface area (Å²) in [5.41, 5.74) is 0.897. The summed E-state index contributed by atoms with van der Waals surface area (Å²) in [6, 6.07) is 14.1. The molecule has 1 aliphatic rings. The normalized spacial score (nSPS) is 14.9. The molecule has 0 heterocycles. The molecule has 1 fully saturated rings. The van der Waals surface area contributed by atoms with Crippen LogP contribution < -0.4 is 14.8 Å². The number of carbonyl (C=O) groups excluding carboxylic acids is 2. The number of hydrogen-bond acceptors (Lipinski definition) is 4. The molecule has 0 unspecified atom stereocenters. The minimum absolute atomic E-state index is 0.107. The molecule has 1 aliphatic carbocycles. The molecule has 2 amide bonds. The summed E-state index contributed by atoms with van der Waals surface area (Å²) < 4.78 is 11.1. The van der Waals surface area contributed by atoms with Crippen molar-refractivity contribution < 1.29 is 19.1 Å². The highest BCUT2D eigenvalue weighted by Gasteiger charge is 2.30. The first-order chi connectivity index (χ1) is 16.0. The maximum absolute atomic E-state index is 13.3. The van der Waals surface area contributed by atoms with Gasteiger partial charge in [-0.3, -0.25) is 9.59 Å². The third kappa shape index (κ3) is 7.13. The van der Waals surface area contributed by atoms with Crippen molar-refractivity contribution in [1.82, 2.24) is 10.2 Å². The molecule has 0 aliphatic heterocycles. The molecule has 0 bridgehead atoms. The van der Waals surface area contributed by atoms with Gasteiger partial charge in [0.2, 0.25) is 5.91 Å². The van der Waals surface area contributed by atoms with Crippen LogP contribution in [0.15, 0.2) is 48.5 Å². The SMILES string of the molecule is CC[C@H](C(=O)NC1CCCCC1)N(Cc1ccc(Cl)cc1)C(=O)COc1ccccc1OC. The van der Waals surface area contributed by atoms with Crippen LogP contribution in [0.3, 0.4) is 0 Å². The topological polar surface area (TPSA) is 67.9 Å². The lowest BCUT2D eigenvalue weighted by atomic mass is 9.95. The summed E-state index contributed by atoms with van der Waals surface area (Å²) in [5.74, 6) is 0.668. The van der Waals surface area contributed by atoms with E-state index in [2.05, 4.69) is 5.32 Å². The second-order valence-electron chi connectivity index (χ2n) is 8.36. The molecule has 0 spiro atoms. The molecule has 1 saturated carbocycles. The Balaban J connectivity index is 1.76. The first kappa shape index (κ1) is 24.9. The maximum Gasteiger partial charge on any atom is 0.261 e. The van der Waals surface area contributed by atoms with E-state index < -0.39 is 6.04 Å². The second-order valence-corrected chi connectivity index (χ2v) is 8.79. The fourth-order valence-corrected chi connectivity index (χ4v) is 4.34. The van der Waals surface area contributed by atoms with Crippen molar-refractivity contribution in [3.63, 3.8) is 0 Å². The van der Waals surface area contributed by atoms with Gasteiger partial charge in [0.15, 0.2) is 18.1 Å². The quantitative estimate of drug-likeness (QED) is 0.529. The number of hydrogen-bond donors (Lipinski definition) is 1. The third-order valence-corrected chi connectivity index (χ3v) is 6.28. The molecule has 1 N–H and O–H groups in total. The van der Waals surface area contributed by atoms with Gasteiger partial charge in [-0.1, -0.05) is 62.1 Å². The predicted molar refractivity (Wildman–Crippen MR) is 130 cm³/mol. The number of halogens is 1. The van der Waals surface area contributed by atoms with E-state index >= 15 is 0 Å². The number of ether oxygens (including phenoxy) is 2. The van der Waals surface area contributed by atoms with Crippen molar-refractivity contribution >= 4 is 23.4 Å². The average molecular weight is 473 g/mol. The van der Waals surface area contributed by atoms with Crippen LogP contribution in [0.4, 0.5) is 0 Å². The van der Waals surface area contributed by atoms with Crippen LogP contribution in [0.1, 0.15) is 51.0 Å². The van der Waals surface area contributed by atoms with Crippen molar-refractivity contribution in [2.45, 2.75) is 64.1 Å². The van der Waals surface area contributed by atoms with E-state index in [-0.39, 0.29) is 24.5 Å². The van der Waals surface area contributed by atoms with Gasteiger partial charge < -0.3 is 19.7 Å². The molecule has 33 heavy (non-hydrogen) atoms. The number of nitrogens with one attached hydrogen (secondary N) is 1. The van der Waals surface area contributed by atoms with E-state index in [1.807, 2.05) is 31.2 Å². The Labute approximate surface area is 201 Å². The number of rotatable bonds is 10. The van der Waals surface area contributed by atoms with Crippen LogP contribution in [0.2, 0.25) is 5.02 Å². The van der Waals surface area contributed by atoms with Crippen molar-refractivity contribution in [3.05, 3.63) is 59.1 Å². The van der Waals surface area contributed by atoms with Crippen LogP contribution in [-0.4, -0.2) is 42.5 Å². The highest BCUT2D eigenvalue weighted by atomic mass is 35.5. The molecular weight excluding hydrogens is 440 g/mol. The molecule has 2 aromatic rings. The zero-order valence-corrected chi connectivity index (χ0v) is 20.1. The molecule has 2 aromatic carbocycles. The summed E-state index contributed by atoms with van der Waals surface area (Å²) in [4.78, 5) is 28.2. The van der Waals surface area contributed by atoms with Gasteiger partial charge in [-0.05, 0) is 49.1 Å². The van der Waals surface area contributed by atoms with Crippen molar-refractivity contribution in [2.75, 3.05) is 13.7 Å². The van der Waals surface area contributed by atoms with Crippen LogP contribution in [0.5, 0.6) is 11.5 Å². The molecule has 7 heteroatoms. The number of benzene rings is 2. The van der Waals surface area contributed by atoms with Gasteiger partial charge in [-0.2, -0.15) is 0 Å². The van der Waals surface area contributed by atoms with E-state index in [0.29, 0.717) is 29.5 Å². The number of methoxy groups -OCH3 is 1. The Morgan fingerprint density at radius 1 is 1.06 bits per heavy atom. The van der Waals surface area contributed by atoms with Gasteiger partial charge in [0.25, 0.3) is 5.91 Å². The summed E-state index contributed by atoms with van der Waals surface area (Å²) >= 11 is 6.03. The molecule has 6 nitrogen and oxygen atoms in total. The highest BCUT2D eigenvalue weighted by Crippen LogP contribution is 2.26. The Morgan fingerprint density at radius 3 is 2.36 bits per heavy atom. The van der Waals surface area contributed by atoms with E-state index in [1.54, 1.807) is 36.3 Å². The summed E-state index contributed by atoms with van der Waals surface area (Å²) in [7, 11) is 1.56. The van der Waals surface area contributed by atoms with Crippen LogP contribution >= 0.6 is 11.6 Å².